The summed E-state index contributed by atoms with van der Waals surface area (Å²) in [4.78, 5) is 35.0. The summed E-state index contributed by atoms with van der Waals surface area (Å²) >= 11 is 7.72. The fourth-order valence-corrected chi connectivity index (χ4v) is 3.65. The predicted octanol–water partition coefficient (Wildman–Crippen LogP) is 4.29. The van der Waals surface area contributed by atoms with E-state index in [0.717, 1.165) is 47.4 Å². The van der Waals surface area contributed by atoms with Crippen LogP contribution in [0.4, 0.5) is 18.2 Å². The highest BCUT2D eigenvalue weighted by Gasteiger charge is 2.31. The first-order valence-corrected chi connectivity index (χ1v) is 9.69. The summed E-state index contributed by atoms with van der Waals surface area (Å²) in [6.45, 7) is 0. The lowest BCUT2D eigenvalue weighted by Crippen LogP contribution is -2.17. The minimum atomic E-state index is -4.84. The van der Waals surface area contributed by atoms with E-state index in [2.05, 4.69) is 10.1 Å². The number of carboxylic acid groups (broad SMARTS) is 1. The van der Waals surface area contributed by atoms with Crippen LogP contribution >= 0.6 is 34.7 Å². The second-order valence-electron chi connectivity index (χ2n) is 5.13. The van der Waals surface area contributed by atoms with E-state index >= 15 is 0 Å². The number of amides is 1. The van der Waals surface area contributed by atoms with Crippen LogP contribution < -0.4 is 10.1 Å². The Morgan fingerprint density at radius 2 is 1.82 bits per heavy atom. The summed E-state index contributed by atoms with van der Waals surface area (Å²) in [5, 5.41) is 11.2. The second kappa shape index (κ2) is 9.30. The zero-order valence-electron chi connectivity index (χ0n) is 13.7. The lowest BCUT2D eigenvalue weighted by atomic mass is 10.1. The van der Waals surface area contributed by atoms with Crippen LogP contribution in [0.1, 0.15) is 15.9 Å². The number of benzene rings is 1. The van der Waals surface area contributed by atoms with Crippen LogP contribution in [0, 0.1) is 0 Å². The van der Waals surface area contributed by atoms with Crippen molar-refractivity contribution < 1.29 is 37.4 Å². The van der Waals surface area contributed by atoms with E-state index in [0.29, 0.717) is 0 Å². The maximum atomic E-state index is 12.6. The molecule has 0 saturated heterocycles. The van der Waals surface area contributed by atoms with Crippen molar-refractivity contribution in [2.24, 2.45) is 0 Å². The number of carbonyl (C=O) groups excluding carboxylic acids is 2. The molecule has 0 aliphatic rings. The molecule has 0 aliphatic heterocycles. The van der Waals surface area contributed by atoms with Crippen LogP contribution in [0.15, 0.2) is 30.3 Å². The SMILES string of the molecule is O=C(O)CSCC(=O)Nc1sc(Cl)cc1C(=O)c1ccc(OC(F)(F)F)cc1. The van der Waals surface area contributed by atoms with E-state index in [1.807, 2.05) is 0 Å². The van der Waals surface area contributed by atoms with E-state index in [-0.39, 0.29) is 32.0 Å². The highest BCUT2D eigenvalue weighted by atomic mass is 35.5. The molecule has 1 amide bonds. The van der Waals surface area contributed by atoms with Gasteiger partial charge in [-0.3, -0.25) is 14.4 Å². The van der Waals surface area contributed by atoms with Gasteiger partial charge in [-0.15, -0.1) is 36.3 Å². The van der Waals surface area contributed by atoms with E-state index in [9.17, 15) is 27.6 Å². The van der Waals surface area contributed by atoms with Gasteiger partial charge >= 0.3 is 12.3 Å². The Bertz CT molecular complexity index is 883. The van der Waals surface area contributed by atoms with E-state index in [1.165, 1.54) is 6.07 Å². The molecular weight excluding hydrogens is 443 g/mol. The van der Waals surface area contributed by atoms with Gasteiger partial charge < -0.3 is 15.2 Å². The molecule has 1 aromatic heterocycles. The van der Waals surface area contributed by atoms with Crippen LogP contribution in [-0.2, 0) is 9.59 Å². The average Bonchev–Trinajstić information content (AvgIpc) is 2.93. The molecule has 150 valence electrons. The molecule has 2 aromatic rings. The van der Waals surface area contributed by atoms with Crippen LogP contribution in [-0.4, -0.2) is 40.6 Å². The number of carbonyl (C=O) groups is 3. The van der Waals surface area contributed by atoms with Gasteiger partial charge in [0.1, 0.15) is 10.8 Å². The average molecular weight is 454 g/mol. The van der Waals surface area contributed by atoms with Gasteiger partial charge in [-0.1, -0.05) is 11.6 Å². The number of ether oxygens (including phenoxy) is 1. The number of aliphatic carboxylic acids is 1. The number of rotatable bonds is 8. The summed E-state index contributed by atoms with van der Waals surface area (Å²) in [6.07, 6.45) is -4.84. The first-order valence-electron chi connectivity index (χ1n) is 7.34. The first-order chi connectivity index (χ1) is 13.0. The summed E-state index contributed by atoms with van der Waals surface area (Å²) in [5.74, 6) is -3.01. The number of thiophene rings is 1. The molecule has 1 aromatic carbocycles. The van der Waals surface area contributed by atoms with Crippen LogP contribution in [0.3, 0.4) is 0 Å². The number of halogens is 4. The molecule has 0 saturated carbocycles. The smallest absolute Gasteiger partial charge is 0.481 e. The number of ketones is 1. The molecule has 0 fully saturated rings. The zero-order valence-corrected chi connectivity index (χ0v) is 16.1. The van der Waals surface area contributed by atoms with Gasteiger partial charge in [0.2, 0.25) is 5.91 Å². The summed E-state index contributed by atoms with van der Waals surface area (Å²) in [6, 6.07) is 5.63. The molecule has 6 nitrogen and oxygen atoms in total. The molecule has 2 N–H and O–H groups in total. The second-order valence-corrected chi connectivity index (χ2v) is 7.80. The monoisotopic (exact) mass is 453 g/mol. The third-order valence-electron chi connectivity index (χ3n) is 3.01. The molecule has 1 heterocycles. The molecule has 0 spiro atoms. The number of carboxylic acids is 1. The number of hydrogen-bond donors (Lipinski definition) is 2. The normalized spacial score (nSPS) is 11.1. The molecule has 2 rings (SSSR count). The van der Waals surface area contributed by atoms with Crippen molar-refractivity contribution in [1.82, 2.24) is 0 Å². The molecule has 0 unspecified atom stereocenters. The first kappa shape index (κ1) is 22.1. The van der Waals surface area contributed by atoms with E-state index < -0.39 is 29.8 Å². The van der Waals surface area contributed by atoms with Gasteiger partial charge in [0.05, 0.1) is 21.4 Å². The Labute approximate surface area is 169 Å². The molecule has 0 atom stereocenters. The Morgan fingerprint density at radius 3 is 2.39 bits per heavy atom. The third kappa shape index (κ3) is 6.73. The number of anilines is 1. The fraction of sp³-hybridized carbons (Fsp3) is 0.188. The highest BCUT2D eigenvalue weighted by molar-refractivity contribution is 8.00. The van der Waals surface area contributed by atoms with Crippen LogP contribution in [0.25, 0.3) is 0 Å². The van der Waals surface area contributed by atoms with Crippen molar-refractivity contribution in [1.29, 1.82) is 0 Å². The minimum absolute atomic E-state index is 0.0658. The van der Waals surface area contributed by atoms with Gasteiger partial charge in [0.25, 0.3) is 0 Å². The Kier molecular flexibility index (Phi) is 7.33. The van der Waals surface area contributed by atoms with E-state index in [4.69, 9.17) is 16.7 Å². The molecule has 28 heavy (non-hydrogen) atoms. The number of alkyl halides is 3. The van der Waals surface area contributed by atoms with Crippen molar-refractivity contribution in [2.45, 2.75) is 6.36 Å². The fourth-order valence-electron chi connectivity index (χ4n) is 1.98. The van der Waals surface area contributed by atoms with Crippen LogP contribution in [0.5, 0.6) is 5.75 Å². The Hall–Kier alpha value is -2.24. The molecule has 0 bridgehead atoms. The van der Waals surface area contributed by atoms with Crippen LogP contribution in [0.2, 0.25) is 4.34 Å². The molecular formula is C16H11ClF3NO5S2. The predicted molar refractivity (Wildman–Crippen MR) is 99.5 cm³/mol. The van der Waals surface area contributed by atoms with Crippen molar-refractivity contribution in [2.75, 3.05) is 16.8 Å². The quantitative estimate of drug-likeness (QED) is 0.579. The zero-order chi connectivity index (χ0) is 20.9. The lowest BCUT2D eigenvalue weighted by Gasteiger charge is -2.09. The number of thioether (sulfide) groups is 1. The maximum Gasteiger partial charge on any atom is 0.573 e. The Morgan fingerprint density at radius 1 is 1.18 bits per heavy atom. The standard InChI is InChI=1S/C16H11ClF3NO5S2/c17-11-5-10(15(28-11)21-12(22)6-27-7-13(23)24)14(25)8-1-3-9(4-2-8)26-16(18,19)20/h1-5H,6-7H2,(H,21,22)(H,23,24). The third-order valence-corrected chi connectivity index (χ3v) is 5.11. The van der Waals surface area contributed by atoms with Gasteiger partial charge in [-0.2, -0.15) is 0 Å². The van der Waals surface area contributed by atoms with Crippen molar-refractivity contribution in [3.63, 3.8) is 0 Å². The van der Waals surface area contributed by atoms with Gasteiger partial charge in [-0.05, 0) is 30.3 Å². The topological polar surface area (TPSA) is 92.7 Å². The summed E-state index contributed by atoms with van der Waals surface area (Å²) in [7, 11) is 0. The largest absolute Gasteiger partial charge is 0.573 e. The maximum absolute atomic E-state index is 12.6. The van der Waals surface area contributed by atoms with Crippen molar-refractivity contribution in [3.8, 4) is 5.75 Å². The Balaban J connectivity index is 2.11. The van der Waals surface area contributed by atoms with E-state index in [1.54, 1.807) is 0 Å². The minimum Gasteiger partial charge on any atom is -0.481 e. The summed E-state index contributed by atoms with van der Waals surface area (Å²) < 4.78 is 40.6. The van der Waals surface area contributed by atoms with Gasteiger partial charge in [0, 0.05) is 5.56 Å². The molecule has 0 radical (unpaired) electrons. The molecule has 0 aliphatic carbocycles. The molecule has 12 heteroatoms. The van der Waals surface area contributed by atoms with Gasteiger partial charge in [-0.25, -0.2) is 0 Å². The lowest BCUT2D eigenvalue weighted by molar-refractivity contribution is -0.274. The highest BCUT2D eigenvalue weighted by Crippen LogP contribution is 2.34. The van der Waals surface area contributed by atoms with Crippen molar-refractivity contribution in [3.05, 3.63) is 45.8 Å². The number of hydrogen-bond acceptors (Lipinski definition) is 6. The van der Waals surface area contributed by atoms with Crippen molar-refractivity contribution >= 4 is 57.4 Å². The van der Waals surface area contributed by atoms with Gasteiger partial charge in [0.15, 0.2) is 5.78 Å². The number of nitrogens with one attached hydrogen (secondary N) is 1. The summed E-state index contributed by atoms with van der Waals surface area (Å²) in [5.41, 5.74) is 0.135.